The summed E-state index contributed by atoms with van der Waals surface area (Å²) in [6, 6.07) is 1.58. The molecule has 0 heterocycles. The Morgan fingerprint density at radius 3 is 2.20 bits per heavy atom. The van der Waals surface area contributed by atoms with Crippen LogP contribution in [0.1, 0.15) is 0 Å². The molecule has 0 atom stereocenters. The fraction of sp³-hybridized carbons (Fsp3) is 0. The van der Waals surface area contributed by atoms with E-state index in [9.17, 15) is 4.39 Å². The van der Waals surface area contributed by atoms with Crippen LogP contribution in [0.3, 0.4) is 0 Å². The highest BCUT2D eigenvalue weighted by Crippen LogP contribution is 2.08. The average Bonchev–Trinajstić information content (AvgIpc) is 1.81. The maximum atomic E-state index is 12.1. The largest absolute Gasteiger partial charge is 0.206 e. The van der Waals surface area contributed by atoms with Crippen LogP contribution in [0, 0.1) is 11.3 Å². The second-order valence-electron chi connectivity index (χ2n) is 1.65. The van der Waals surface area contributed by atoms with Gasteiger partial charge in [-0.25, -0.2) is 4.39 Å². The Hall–Kier alpha value is -1.30. The van der Waals surface area contributed by atoms with Crippen LogP contribution in [0.4, 0.5) is 4.39 Å². The predicted molar refractivity (Wildman–Crippen MR) is 38.8 cm³/mol. The maximum Gasteiger partial charge on any atom is 0.133 e. The van der Waals surface area contributed by atoms with Gasteiger partial charge in [-0.05, 0) is 6.08 Å². The Morgan fingerprint density at radius 1 is 1.60 bits per heavy atom. The van der Waals surface area contributed by atoms with Crippen LogP contribution in [0.2, 0.25) is 0 Å². The Morgan fingerprint density at radius 2 is 2.10 bits per heavy atom. The van der Waals surface area contributed by atoms with Gasteiger partial charge in [-0.15, -0.1) is 12.1 Å². The van der Waals surface area contributed by atoms with Crippen molar-refractivity contribution >= 4 is 7.85 Å². The van der Waals surface area contributed by atoms with E-state index < -0.39 is 5.83 Å². The quantitative estimate of drug-likeness (QED) is 0.318. The highest BCUT2D eigenvalue weighted by molar-refractivity contribution is 6.23. The van der Waals surface area contributed by atoms with Gasteiger partial charge in [-0.3, -0.25) is 0 Å². The van der Waals surface area contributed by atoms with Gasteiger partial charge in [0.05, 0.1) is 5.57 Å². The molecule has 0 rings (SSSR count). The molecule has 0 aliphatic rings. The van der Waals surface area contributed by atoms with Gasteiger partial charge >= 0.3 is 0 Å². The summed E-state index contributed by atoms with van der Waals surface area (Å²) in [4.78, 5) is 0. The molecular formula is C7H5BFN. The van der Waals surface area contributed by atoms with E-state index in [1.165, 1.54) is 0 Å². The van der Waals surface area contributed by atoms with Crippen LogP contribution in [0.5, 0.6) is 0 Å². The molecular weight excluding hydrogens is 128 g/mol. The number of halogens is 1. The molecule has 0 aliphatic heterocycles. The molecule has 3 heteroatoms. The van der Waals surface area contributed by atoms with Gasteiger partial charge in [-0.2, -0.15) is 5.26 Å². The van der Waals surface area contributed by atoms with Crippen molar-refractivity contribution < 1.29 is 4.39 Å². The van der Waals surface area contributed by atoms with Gasteiger partial charge in [0, 0.05) is 0 Å². The summed E-state index contributed by atoms with van der Waals surface area (Å²) in [5.74, 6) is -0.797. The summed E-state index contributed by atoms with van der Waals surface area (Å²) in [5.41, 5.74) is -0.0529. The summed E-state index contributed by atoms with van der Waals surface area (Å²) >= 11 is 0. The minimum Gasteiger partial charge on any atom is -0.206 e. The number of nitrogens with zero attached hydrogens (tertiary/aromatic N) is 1. The number of allylic oxidation sites excluding steroid dienone is 4. The van der Waals surface area contributed by atoms with E-state index in [4.69, 9.17) is 13.1 Å². The Labute approximate surface area is 60.6 Å². The molecule has 0 N–H and O–H groups in total. The van der Waals surface area contributed by atoms with E-state index in [1.807, 2.05) is 0 Å². The standard InChI is InChI=1S/C7H5BFN/c1-5(8)3-7(4-10)6(2)9/h3H,1-2H2/b7-3-. The molecule has 2 radical (unpaired) electrons. The maximum absolute atomic E-state index is 12.1. The number of hydrogen-bond acceptors (Lipinski definition) is 1. The third kappa shape index (κ3) is 2.88. The zero-order valence-electron chi connectivity index (χ0n) is 5.39. The average molecular weight is 133 g/mol. The zero-order valence-corrected chi connectivity index (χ0v) is 5.39. The number of nitriles is 1. The van der Waals surface area contributed by atoms with Crippen molar-refractivity contribution in [3.63, 3.8) is 0 Å². The normalized spacial score (nSPS) is 10.2. The highest BCUT2D eigenvalue weighted by Gasteiger charge is 1.97. The zero-order chi connectivity index (χ0) is 8.15. The fourth-order valence-corrected chi connectivity index (χ4v) is 0.357. The van der Waals surface area contributed by atoms with E-state index >= 15 is 0 Å². The first kappa shape index (κ1) is 8.70. The van der Waals surface area contributed by atoms with Crippen molar-refractivity contribution in [1.29, 1.82) is 5.26 Å². The van der Waals surface area contributed by atoms with Crippen molar-refractivity contribution in [2.24, 2.45) is 0 Å². The molecule has 0 bridgehead atoms. The molecule has 0 saturated carbocycles. The van der Waals surface area contributed by atoms with Crippen molar-refractivity contribution in [3.05, 3.63) is 36.1 Å². The van der Waals surface area contributed by atoms with Crippen molar-refractivity contribution in [2.75, 3.05) is 0 Å². The van der Waals surface area contributed by atoms with Crippen LogP contribution >= 0.6 is 0 Å². The van der Waals surface area contributed by atoms with Gasteiger partial charge in [-0.1, -0.05) is 6.58 Å². The summed E-state index contributed by atoms with van der Waals surface area (Å²) in [6.45, 7) is 6.19. The molecule has 0 saturated heterocycles. The number of rotatable bonds is 2. The molecule has 0 fully saturated rings. The highest BCUT2D eigenvalue weighted by atomic mass is 19.1. The van der Waals surface area contributed by atoms with Gasteiger partial charge in [0.1, 0.15) is 19.7 Å². The number of hydrogen-bond donors (Lipinski definition) is 0. The Balaban J connectivity index is 4.55. The fourth-order valence-electron chi connectivity index (χ4n) is 0.357. The minimum atomic E-state index is -0.797. The van der Waals surface area contributed by atoms with Gasteiger partial charge in [0.15, 0.2) is 0 Å². The van der Waals surface area contributed by atoms with Gasteiger partial charge in [0.25, 0.3) is 0 Å². The lowest BCUT2D eigenvalue weighted by molar-refractivity contribution is 0.662. The van der Waals surface area contributed by atoms with Crippen molar-refractivity contribution in [1.82, 2.24) is 0 Å². The van der Waals surface area contributed by atoms with E-state index in [-0.39, 0.29) is 11.0 Å². The van der Waals surface area contributed by atoms with Crippen LogP contribution < -0.4 is 0 Å². The lowest BCUT2D eigenvalue weighted by atomic mass is 9.95. The summed E-state index contributed by atoms with van der Waals surface area (Å²) in [7, 11) is 5.08. The topological polar surface area (TPSA) is 23.8 Å². The predicted octanol–water partition coefficient (Wildman–Crippen LogP) is 1.60. The third-order valence-corrected chi connectivity index (χ3v) is 0.742. The molecule has 0 amide bonds. The second-order valence-corrected chi connectivity index (χ2v) is 1.65. The van der Waals surface area contributed by atoms with Gasteiger partial charge < -0.3 is 0 Å². The summed E-state index contributed by atoms with van der Waals surface area (Å²) in [5, 5.41) is 8.23. The molecule has 48 valence electrons. The van der Waals surface area contributed by atoms with E-state index in [2.05, 4.69) is 13.2 Å². The van der Waals surface area contributed by atoms with Crippen LogP contribution in [-0.2, 0) is 0 Å². The Kier molecular flexibility index (Phi) is 3.20. The van der Waals surface area contributed by atoms with Crippen LogP contribution in [-0.4, -0.2) is 7.85 Å². The molecule has 0 aromatic heterocycles. The second kappa shape index (κ2) is 3.68. The SMILES string of the molecule is [B]C(=C)/C=C(/C#N)C(=C)F. The van der Waals surface area contributed by atoms with E-state index in [0.717, 1.165) is 6.08 Å². The van der Waals surface area contributed by atoms with E-state index in [0.29, 0.717) is 0 Å². The molecule has 0 spiro atoms. The minimum absolute atomic E-state index is 0.135. The van der Waals surface area contributed by atoms with Crippen molar-refractivity contribution in [3.8, 4) is 6.07 Å². The first-order valence-corrected chi connectivity index (χ1v) is 2.49. The molecule has 1 nitrogen and oxygen atoms in total. The lowest BCUT2D eigenvalue weighted by Gasteiger charge is -1.90. The molecule has 0 aromatic rings. The first-order valence-electron chi connectivity index (χ1n) is 2.49. The smallest absolute Gasteiger partial charge is 0.133 e. The van der Waals surface area contributed by atoms with Crippen LogP contribution in [0.25, 0.3) is 0 Å². The molecule has 0 unspecified atom stereocenters. The van der Waals surface area contributed by atoms with E-state index in [1.54, 1.807) is 6.07 Å². The van der Waals surface area contributed by atoms with Crippen LogP contribution in [0.15, 0.2) is 36.1 Å². The Bertz CT molecular complexity index is 234. The first-order chi connectivity index (χ1) is 4.57. The van der Waals surface area contributed by atoms with Crippen molar-refractivity contribution in [2.45, 2.75) is 0 Å². The monoisotopic (exact) mass is 133 g/mol. The summed E-state index contributed by atoms with van der Waals surface area (Å²) < 4.78 is 12.1. The molecule has 0 aromatic carbocycles. The summed E-state index contributed by atoms with van der Waals surface area (Å²) in [6.07, 6.45) is 1.13. The van der Waals surface area contributed by atoms with Gasteiger partial charge in [0.2, 0.25) is 0 Å². The molecule has 10 heavy (non-hydrogen) atoms. The molecule has 0 aliphatic carbocycles. The third-order valence-electron chi connectivity index (χ3n) is 0.742. The lowest BCUT2D eigenvalue weighted by Crippen LogP contribution is -1.80.